The number of rotatable bonds is 5. The predicted octanol–water partition coefficient (Wildman–Crippen LogP) is 3.86. The lowest BCUT2D eigenvalue weighted by molar-refractivity contribution is -0.128. The van der Waals surface area contributed by atoms with E-state index in [1.807, 2.05) is 26.0 Å². The van der Waals surface area contributed by atoms with Crippen molar-refractivity contribution >= 4 is 21.6 Å². The van der Waals surface area contributed by atoms with Gasteiger partial charge in [-0.1, -0.05) is 52.0 Å². The molecule has 0 aromatic heterocycles. The Hall–Kier alpha value is -2.54. The van der Waals surface area contributed by atoms with Crippen molar-refractivity contribution < 1.29 is 17.9 Å². The fraction of sp³-hybridized carbons (Fsp3) is 0.435. The van der Waals surface area contributed by atoms with Crippen molar-refractivity contribution in [3.8, 4) is 5.75 Å². The lowest BCUT2D eigenvalue weighted by Gasteiger charge is -2.36. The van der Waals surface area contributed by atoms with Crippen LogP contribution >= 0.6 is 0 Å². The zero-order chi connectivity index (χ0) is 22.1. The van der Waals surface area contributed by atoms with Crippen LogP contribution in [0.25, 0.3) is 0 Å². The second-order valence-electron chi connectivity index (χ2n) is 8.71. The molecule has 0 saturated heterocycles. The minimum Gasteiger partial charge on any atom is -0.476 e. The highest BCUT2D eigenvalue weighted by atomic mass is 32.2. The number of fused-ring (bicyclic) bond motifs is 1. The number of carbonyl (C=O) groups excluding carboxylic acids is 1. The summed E-state index contributed by atoms with van der Waals surface area (Å²) in [6.07, 6.45) is -0.152. The van der Waals surface area contributed by atoms with E-state index < -0.39 is 16.1 Å². The summed E-state index contributed by atoms with van der Waals surface area (Å²) in [7, 11) is -3.86. The quantitative estimate of drug-likeness (QED) is 0.782. The van der Waals surface area contributed by atoms with Crippen LogP contribution in [0.2, 0.25) is 0 Å². The average Bonchev–Trinajstić information content (AvgIpc) is 2.72. The van der Waals surface area contributed by atoms with Crippen molar-refractivity contribution in [1.29, 1.82) is 0 Å². The summed E-state index contributed by atoms with van der Waals surface area (Å²) >= 11 is 0. The summed E-state index contributed by atoms with van der Waals surface area (Å²) in [4.78, 5) is 12.9. The van der Waals surface area contributed by atoms with E-state index in [-0.39, 0.29) is 28.8 Å². The molecule has 0 bridgehead atoms. The SMILES string of the molecule is CC[C@@H](C)NC(=O)[C@H]1CN(S(=O)(=O)c2ccccc2)c2cc(C(C)(C)C)ccc2O1. The van der Waals surface area contributed by atoms with Crippen molar-refractivity contribution in [2.45, 2.75) is 63.5 Å². The van der Waals surface area contributed by atoms with E-state index in [1.54, 1.807) is 36.4 Å². The molecule has 30 heavy (non-hydrogen) atoms. The molecule has 0 fully saturated rings. The number of carbonyl (C=O) groups is 1. The van der Waals surface area contributed by atoms with Crippen molar-refractivity contribution in [3.63, 3.8) is 0 Å². The molecule has 1 aliphatic rings. The number of nitrogens with one attached hydrogen (secondary N) is 1. The molecule has 6 nitrogen and oxygen atoms in total. The number of hydrogen-bond donors (Lipinski definition) is 1. The Balaban J connectivity index is 2.08. The summed E-state index contributed by atoms with van der Waals surface area (Å²) in [6, 6.07) is 13.8. The van der Waals surface area contributed by atoms with Crippen molar-refractivity contribution in [3.05, 3.63) is 54.1 Å². The molecule has 0 spiro atoms. The highest BCUT2D eigenvalue weighted by Gasteiger charge is 2.38. The van der Waals surface area contributed by atoms with Gasteiger partial charge in [-0.2, -0.15) is 0 Å². The largest absolute Gasteiger partial charge is 0.476 e. The fourth-order valence-corrected chi connectivity index (χ4v) is 4.73. The maximum atomic E-state index is 13.5. The molecular formula is C23H30N2O4S. The van der Waals surface area contributed by atoms with E-state index in [1.165, 1.54) is 4.31 Å². The van der Waals surface area contributed by atoms with Crippen LogP contribution in [0.4, 0.5) is 5.69 Å². The topological polar surface area (TPSA) is 75.7 Å². The number of nitrogens with zero attached hydrogens (tertiary/aromatic N) is 1. The molecule has 0 saturated carbocycles. The molecule has 1 heterocycles. The third-order valence-electron chi connectivity index (χ3n) is 5.32. The Labute approximate surface area is 179 Å². The molecule has 3 rings (SSSR count). The summed E-state index contributed by atoms with van der Waals surface area (Å²) in [5.74, 6) is 0.0706. The zero-order valence-electron chi connectivity index (χ0n) is 18.2. The van der Waals surface area contributed by atoms with Crippen LogP contribution in [0, 0.1) is 0 Å². The van der Waals surface area contributed by atoms with Gasteiger partial charge in [-0.15, -0.1) is 0 Å². The Morgan fingerprint density at radius 1 is 1.20 bits per heavy atom. The number of amides is 1. The van der Waals surface area contributed by atoms with Gasteiger partial charge < -0.3 is 10.1 Å². The Bertz CT molecular complexity index is 1010. The van der Waals surface area contributed by atoms with Crippen LogP contribution in [-0.4, -0.2) is 33.0 Å². The minimum absolute atomic E-state index is 0.0232. The lowest BCUT2D eigenvalue weighted by Crippen LogP contribution is -2.52. The van der Waals surface area contributed by atoms with Gasteiger partial charge >= 0.3 is 0 Å². The van der Waals surface area contributed by atoms with Crippen molar-refractivity contribution in [2.24, 2.45) is 0 Å². The van der Waals surface area contributed by atoms with E-state index in [4.69, 9.17) is 4.74 Å². The first kappa shape index (κ1) is 22.2. The van der Waals surface area contributed by atoms with Crippen LogP contribution < -0.4 is 14.4 Å². The van der Waals surface area contributed by atoms with E-state index >= 15 is 0 Å². The minimum atomic E-state index is -3.86. The molecule has 162 valence electrons. The van der Waals surface area contributed by atoms with Crippen LogP contribution in [0.3, 0.4) is 0 Å². The van der Waals surface area contributed by atoms with Gasteiger partial charge in [0.2, 0.25) is 0 Å². The van der Waals surface area contributed by atoms with Gasteiger partial charge in [0.15, 0.2) is 6.10 Å². The molecule has 2 atom stereocenters. The molecule has 1 aliphatic heterocycles. The number of ether oxygens (including phenoxy) is 1. The maximum Gasteiger partial charge on any atom is 0.264 e. The van der Waals surface area contributed by atoms with Crippen LogP contribution in [-0.2, 0) is 20.2 Å². The van der Waals surface area contributed by atoms with Gasteiger partial charge in [-0.3, -0.25) is 9.10 Å². The molecule has 0 unspecified atom stereocenters. The highest BCUT2D eigenvalue weighted by molar-refractivity contribution is 7.92. The lowest BCUT2D eigenvalue weighted by atomic mass is 9.86. The second-order valence-corrected chi connectivity index (χ2v) is 10.6. The molecule has 0 aliphatic carbocycles. The van der Waals surface area contributed by atoms with E-state index in [2.05, 4.69) is 26.1 Å². The number of anilines is 1. The Morgan fingerprint density at radius 2 is 1.87 bits per heavy atom. The van der Waals surface area contributed by atoms with Crippen LogP contribution in [0.1, 0.15) is 46.6 Å². The predicted molar refractivity (Wildman–Crippen MR) is 118 cm³/mol. The molecule has 2 aromatic rings. The first-order valence-corrected chi connectivity index (χ1v) is 11.7. The van der Waals surface area contributed by atoms with Gasteiger partial charge in [0.1, 0.15) is 5.75 Å². The number of hydrogen-bond acceptors (Lipinski definition) is 4. The number of sulfonamides is 1. The summed E-state index contributed by atoms with van der Waals surface area (Å²) < 4.78 is 34.2. The van der Waals surface area contributed by atoms with Gasteiger partial charge in [0, 0.05) is 6.04 Å². The Morgan fingerprint density at radius 3 is 2.47 bits per heavy atom. The van der Waals surface area contributed by atoms with Gasteiger partial charge in [0.05, 0.1) is 17.1 Å². The maximum absolute atomic E-state index is 13.5. The smallest absolute Gasteiger partial charge is 0.264 e. The first-order valence-electron chi connectivity index (χ1n) is 10.2. The summed E-state index contributed by atoms with van der Waals surface area (Å²) in [5, 5.41) is 2.89. The molecule has 7 heteroatoms. The van der Waals surface area contributed by atoms with Gasteiger partial charge in [0.25, 0.3) is 15.9 Å². The van der Waals surface area contributed by atoms with Crippen molar-refractivity contribution in [1.82, 2.24) is 5.32 Å². The normalized spacial score (nSPS) is 17.6. The molecule has 0 radical (unpaired) electrons. The highest BCUT2D eigenvalue weighted by Crippen LogP contribution is 2.40. The standard InChI is InChI=1S/C23H30N2O4S/c1-6-16(2)24-22(26)21-15-25(30(27,28)18-10-8-7-9-11-18)19-14-17(23(3,4)5)12-13-20(19)29-21/h7-14,16,21H,6,15H2,1-5H3,(H,24,26)/t16-,21-/m1/s1. The third kappa shape index (κ3) is 4.46. The number of benzene rings is 2. The van der Waals surface area contributed by atoms with E-state index in [0.717, 1.165) is 12.0 Å². The molecule has 1 amide bonds. The summed E-state index contributed by atoms with van der Waals surface area (Å²) in [6.45, 7) is 10.00. The zero-order valence-corrected chi connectivity index (χ0v) is 19.0. The first-order chi connectivity index (χ1) is 14.0. The van der Waals surface area contributed by atoms with Gasteiger partial charge in [-0.25, -0.2) is 8.42 Å². The summed E-state index contributed by atoms with van der Waals surface area (Å²) in [5.41, 5.74) is 1.28. The van der Waals surface area contributed by atoms with E-state index in [9.17, 15) is 13.2 Å². The monoisotopic (exact) mass is 430 g/mol. The van der Waals surface area contributed by atoms with Crippen LogP contribution in [0.5, 0.6) is 5.75 Å². The average molecular weight is 431 g/mol. The third-order valence-corrected chi connectivity index (χ3v) is 7.11. The van der Waals surface area contributed by atoms with Crippen LogP contribution in [0.15, 0.2) is 53.4 Å². The van der Waals surface area contributed by atoms with E-state index in [0.29, 0.717) is 11.4 Å². The van der Waals surface area contributed by atoms with Gasteiger partial charge in [-0.05, 0) is 48.6 Å². The van der Waals surface area contributed by atoms with Crippen molar-refractivity contribution in [2.75, 3.05) is 10.8 Å². The fourth-order valence-electron chi connectivity index (χ4n) is 3.24. The molecule has 2 aromatic carbocycles. The molecular weight excluding hydrogens is 400 g/mol. The molecule has 1 N–H and O–H groups in total. The Kier molecular flexibility index (Phi) is 6.13. The second kappa shape index (κ2) is 8.30.